The van der Waals surface area contributed by atoms with Crippen molar-refractivity contribution in [1.82, 2.24) is 48.4 Å². The molecule has 0 saturated carbocycles. The summed E-state index contributed by atoms with van der Waals surface area (Å²) >= 11 is 37.3. The van der Waals surface area contributed by atoms with Crippen molar-refractivity contribution in [2.45, 2.75) is 151 Å². The Morgan fingerprint density at radius 2 is 0.858 bits per heavy atom. The van der Waals surface area contributed by atoms with Gasteiger partial charge in [-0.2, -0.15) is 9.97 Å². The normalized spacial score (nSPS) is 11.7. The summed E-state index contributed by atoms with van der Waals surface area (Å²) in [7, 11) is 0. The first-order valence-corrected chi connectivity index (χ1v) is 34.5. The second-order valence-electron chi connectivity index (χ2n) is 26.1. The number of oxime groups is 1. The zero-order valence-electron chi connectivity index (χ0n) is 58.9. The molecule has 11 aromatic rings. The van der Waals surface area contributed by atoms with E-state index in [9.17, 15) is 32.3 Å². The van der Waals surface area contributed by atoms with E-state index in [0.29, 0.717) is 60.6 Å². The van der Waals surface area contributed by atoms with Gasteiger partial charge in [0.05, 0.1) is 67.0 Å². The van der Waals surface area contributed by atoms with Gasteiger partial charge in [-0.25, -0.2) is 32.9 Å². The number of hydrogen-bond acceptors (Lipinski definition) is 20. The Balaban J connectivity index is 0.000000186. The molecule has 562 valence electrons. The molecule has 35 heteroatoms. The summed E-state index contributed by atoms with van der Waals surface area (Å²) in [5, 5.41) is 38.5. The number of benzene rings is 3. The van der Waals surface area contributed by atoms with Gasteiger partial charge in [0.25, 0.3) is 11.8 Å². The predicted molar refractivity (Wildman–Crippen MR) is 390 cm³/mol. The molecule has 0 atom stereocenters. The highest BCUT2D eigenvalue weighted by Crippen LogP contribution is 2.36. The fraction of sp³-hybridized carbons (Fsp3) is 0.324. The number of carboxylic acid groups (broad SMARTS) is 2. The van der Waals surface area contributed by atoms with Crippen molar-refractivity contribution >= 4 is 116 Å². The van der Waals surface area contributed by atoms with Gasteiger partial charge < -0.3 is 67.1 Å². The third-order valence-corrected chi connectivity index (χ3v) is 15.8. The van der Waals surface area contributed by atoms with Gasteiger partial charge in [-0.3, -0.25) is 14.4 Å². The van der Waals surface area contributed by atoms with Crippen LogP contribution in [0.5, 0.6) is 17.2 Å². The third-order valence-electron chi connectivity index (χ3n) is 14.0. The summed E-state index contributed by atoms with van der Waals surface area (Å²) in [4.78, 5) is 66.5. The van der Waals surface area contributed by atoms with Crippen molar-refractivity contribution in [2.75, 3.05) is 0 Å². The Morgan fingerprint density at radius 1 is 0.500 bits per heavy atom. The van der Waals surface area contributed by atoms with Crippen molar-refractivity contribution in [3.63, 3.8) is 0 Å². The average Bonchev–Trinajstić information content (AvgIpc) is 1.61. The molecule has 0 unspecified atom stereocenters. The number of aliphatic carboxylic acids is 1. The summed E-state index contributed by atoms with van der Waals surface area (Å²) in [5.41, 5.74) is 7.56. The molecule has 3 aromatic carbocycles. The Hall–Kier alpha value is -9.91. The van der Waals surface area contributed by atoms with Crippen LogP contribution < -0.4 is 19.9 Å². The van der Waals surface area contributed by atoms with E-state index < -0.39 is 52.5 Å². The maximum absolute atomic E-state index is 14.8. The molecule has 106 heavy (non-hydrogen) atoms. The van der Waals surface area contributed by atoms with Gasteiger partial charge in [0.2, 0.25) is 11.6 Å². The topological polar surface area (TPSA) is 343 Å². The van der Waals surface area contributed by atoms with Gasteiger partial charge >= 0.3 is 23.9 Å². The molecular formula is C71H71Cl6F3N12O14. The molecule has 8 aromatic heterocycles. The maximum atomic E-state index is 14.8. The first-order valence-electron chi connectivity index (χ1n) is 32.3. The standard InChI is InChI=1S/C25H25Cl2FN4O4.C21H17Cl2FN4O4.C14H18ClFN2O3.C11H11ClN2O3/c1-13(2)34-15-9-18(27)23-29-20(12-32(23)11-15)24-30-22(31-36-24)16-10-19(28)14(8-17(16)26)6-7-21(33)35-25(3,4)5;1-10(2)31-12-6-15(23)20-25-17(9-28(20)8-12)21-26-19(27-32-21)13-7-16(24)11(5-14(13)22)3-4-18(29)30;1-14(2,3)21-12(19)5-4-8-6-10(15)9(7-11(8)16)13(17)18-20;1-6(2)17-7-3-8(12)10-13-9(11(15)16)5-14(10)4-7/h8-13H,6-7H2,1-5H3;5-10H,3-4H2,1-2H3,(H,29,30);6-7,20H,4-5H2,1-3H3,(H2,17,18);3-6H,1-2H3,(H,15,16). The lowest BCUT2D eigenvalue weighted by Crippen LogP contribution is -2.24. The average molecular weight is 1590 g/mol. The minimum Gasteiger partial charge on any atom is -0.489 e. The number of pyridine rings is 3. The van der Waals surface area contributed by atoms with Gasteiger partial charge in [0.15, 0.2) is 28.5 Å². The number of imidazole rings is 3. The van der Waals surface area contributed by atoms with Crippen molar-refractivity contribution in [3.8, 4) is 63.2 Å². The SMILES string of the molecule is CC(C)(C)OC(=O)CCc1cc(Cl)c(/C(N)=N/O)cc1F.CC(C)Oc1cc(Cl)c2nc(-c3nc(-c4cc(F)c(CCC(=O)O)cc4Cl)no3)cn2c1.CC(C)Oc1cc(Cl)c2nc(-c3nc(-c4cc(F)c(CCC(=O)OC(C)(C)C)cc4Cl)no3)cn2c1.CC(C)Oc1cc(Cl)c2nc(C(=O)O)cn2c1. The number of nitrogens with two attached hydrogens (primary N) is 1. The first kappa shape index (κ1) is 81.8. The van der Waals surface area contributed by atoms with Crippen LogP contribution in [-0.4, -0.2) is 123 Å². The largest absolute Gasteiger partial charge is 0.489 e. The molecule has 8 heterocycles. The van der Waals surface area contributed by atoms with Crippen LogP contribution in [0.4, 0.5) is 13.2 Å². The van der Waals surface area contributed by atoms with Crippen LogP contribution in [-0.2, 0) is 43.1 Å². The number of aromatic carboxylic acids is 1. The summed E-state index contributed by atoms with van der Waals surface area (Å²) in [6.45, 7) is 22.0. The molecule has 0 bridgehead atoms. The van der Waals surface area contributed by atoms with Crippen LogP contribution >= 0.6 is 69.6 Å². The number of rotatable bonds is 21. The fourth-order valence-corrected chi connectivity index (χ4v) is 11.3. The smallest absolute Gasteiger partial charge is 0.356 e. The van der Waals surface area contributed by atoms with E-state index in [1.54, 1.807) is 104 Å². The predicted octanol–water partition coefficient (Wildman–Crippen LogP) is 17.2. The van der Waals surface area contributed by atoms with E-state index in [1.165, 1.54) is 30.5 Å². The third kappa shape index (κ3) is 22.3. The number of halogens is 9. The van der Waals surface area contributed by atoms with Gasteiger partial charge in [-0.05, 0) is 155 Å². The summed E-state index contributed by atoms with van der Waals surface area (Å²) in [5.74, 6) is -2.83. The number of carbonyl (C=O) groups excluding carboxylic acids is 2. The summed E-state index contributed by atoms with van der Waals surface area (Å²) in [6, 6.07) is 12.6. The molecule has 0 radical (unpaired) electrons. The van der Waals surface area contributed by atoms with Crippen LogP contribution in [0.3, 0.4) is 0 Å². The number of aromatic nitrogens is 10. The van der Waals surface area contributed by atoms with Gasteiger partial charge in [-0.15, -0.1) is 0 Å². The van der Waals surface area contributed by atoms with Crippen LogP contribution in [0.15, 0.2) is 106 Å². The molecule has 0 aliphatic carbocycles. The fourth-order valence-electron chi connectivity index (χ4n) is 9.72. The lowest BCUT2D eigenvalue weighted by atomic mass is 10.1. The monoisotopic (exact) mass is 1580 g/mol. The second kappa shape index (κ2) is 35.0. The maximum Gasteiger partial charge on any atom is 0.356 e. The number of fused-ring (bicyclic) bond motifs is 3. The van der Waals surface area contributed by atoms with Crippen molar-refractivity contribution in [2.24, 2.45) is 10.9 Å². The Labute approximate surface area is 634 Å². The quantitative estimate of drug-likeness (QED) is 0.0171. The molecule has 5 N–H and O–H groups in total. The molecule has 0 fully saturated rings. The molecular weight excluding hydrogens is 1510 g/mol. The zero-order valence-corrected chi connectivity index (χ0v) is 63.4. The number of carbonyl (C=O) groups is 4. The second-order valence-corrected chi connectivity index (χ2v) is 28.6. The number of hydrogen-bond donors (Lipinski definition) is 4. The molecule has 0 aliphatic heterocycles. The first-order chi connectivity index (χ1) is 49.7. The number of nitrogens with zero attached hydrogens (tertiary/aromatic N) is 11. The van der Waals surface area contributed by atoms with Crippen molar-refractivity contribution in [1.29, 1.82) is 0 Å². The minimum atomic E-state index is -1.09. The van der Waals surface area contributed by atoms with Crippen LogP contribution in [0.2, 0.25) is 30.1 Å². The number of amidine groups is 1. The lowest BCUT2D eigenvalue weighted by Gasteiger charge is -2.19. The van der Waals surface area contributed by atoms with Crippen LogP contribution in [0.25, 0.3) is 62.9 Å². The molecule has 0 saturated heterocycles. The van der Waals surface area contributed by atoms with Gasteiger partial charge in [0.1, 0.15) is 57.3 Å². The van der Waals surface area contributed by atoms with Crippen molar-refractivity contribution in [3.05, 3.63) is 167 Å². The highest BCUT2D eigenvalue weighted by atomic mass is 35.5. The van der Waals surface area contributed by atoms with E-state index in [2.05, 4.69) is 40.4 Å². The summed E-state index contributed by atoms with van der Waals surface area (Å²) < 4.78 is 86.0. The highest BCUT2D eigenvalue weighted by molar-refractivity contribution is 6.35. The molecule has 26 nitrogen and oxygen atoms in total. The number of aryl methyl sites for hydroxylation is 3. The highest BCUT2D eigenvalue weighted by Gasteiger charge is 2.25. The Morgan fingerprint density at radius 3 is 1.22 bits per heavy atom. The van der Waals surface area contributed by atoms with E-state index >= 15 is 0 Å². The van der Waals surface area contributed by atoms with E-state index in [1.807, 2.05) is 41.5 Å². The number of esters is 2. The van der Waals surface area contributed by atoms with Gasteiger partial charge in [-0.1, -0.05) is 85.1 Å². The van der Waals surface area contributed by atoms with E-state index in [0.717, 1.165) is 12.1 Å². The van der Waals surface area contributed by atoms with Crippen molar-refractivity contribution < 1.29 is 80.5 Å². The number of ether oxygens (including phenoxy) is 5. The molecule has 0 spiro atoms. The summed E-state index contributed by atoms with van der Waals surface area (Å²) in [6.07, 6.45) is 10.00. The van der Waals surface area contributed by atoms with Gasteiger partial charge in [0, 0.05) is 72.7 Å². The van der Waals surface area contributed by atoms with Crippen LogP contribution in [0, 0.1) is 17.5 Å². The zero-order chi connectivity index (χ0) is 78.0. The van der Waals surface area contributed by atoms with E-state index in [-0.39, 0.29) is 140 Å². The molecule has 0 aliphatic rings. The lowest BCUT2D eigenvalue weighted by molar-refractivity contribution is -0.155. The molecule has 11 rings (SSSR count). The number of carboxylic acids is 2. The Kier molecular flexibility index (Phi) is 27.0. The minimum absolute atomic E-state index is 0.0170. The van der Waals surface area contributed by atoms with E-state index in [4.69, 9.17) is 123 Å². The Bertz CT molecular complexity index is 5080. The van der Waals surface area contributed by atoms with Crippen LogP contribution in [0.1, 0.15) is 135 Å². The molecule has 0 amide bonds.